The van der Waals surface area contributed by atoms with Crippen LogP contribution >= 0.6 is 0 Å². The lowest BCUT2D eigenvalue weighted by atomic mass is 10.0. The van der Waals surface area contributed by atoms with Gasteiger partial charge in [-0.25, -0.2) is 4.98 Å². The maximum Gasteiger partial charge on any atom is 0.157 e. The number of fused-ring (bicyclic) bond motifs is 4. The number of anilines is 1. The molecule has 132 valence electrons. The summed E-state index contributed by atoms with van der Waals surface area (Å²) in [6.07, 6.45) is 3.49. The van der Waals surface area contributed by atoms with E-state index in [1.807, 2.05) is 18.2 Å². The molecule has 1 fully saturated rings. The summed E-state index contributed by atoms with van der Waals surface area (Å²) in [6, 6.07) is 10.6. The number of morpholine rings is 1. The van der Waals surface area contributed by atoms with Crippen molar-refractivity contribution < 1.29 is 4.74 Å². The van der Waals surface area contributed by atoms with E-state index in [0.717, 1.165) is 54.6 Å². The number of hydrogen-bond donors (Lipinski definition) is 0. The summed E-state index contributed by atoms with van der Waals surface area (Å²) in [6.45, 7) is 6.00. The molecule has 1 aromatic carbocycles. The number of nitrogens with zero attached hydrogens (tertiary/aromatic N) is 4. The van der Waals surface area contributed by atoms with E-state index >= 15 is 0 Å². The second-order valence-electron chi connectivity index (χ2n) is 7.54. The number of ether oxygens (including phenoxy) is 1. The number of aromatic nitrogens is 2. The topological polar surface area (TPSA) is 53.6 Å². The van der Waals surface area contributed by atoms with Crippen molar-refractivity contribution in [3.05, 3.63) is 41.0 Å². The predicted molar refractivity (Wildman–Crippen MR) is 102 cm³/mol. The Morgan fingerprint density at radius 2 is 1.85 bits per heavy atom. The summed E-state index contributed by atoms with van der Waals surface area (Å²) in [5, 5.41) is 9.87. The third-order valence-electron chi connectivity index (χ3n) is 5.62. The summed E-state index contributed by atoms with van der Waals surface area (Å²) in [5.41, 5.74) is 6.12. The molecule has 2 aromatic heterocycles. The van der Waals surface area contributed by atoms with Gasteiger partial charge in [-0.05, 0) is 56.4 Å². The van der Waals surface area contributed by atoms with Gasteiger partial charge in [-0.2, -0.15) is 5.26 Å². The molecule has 0 spiro atoms. The summed E-state index contributed by atoms with van der Waals surface area (Å²) in [4.78, 5) is 7.29. The smallest absolute Gasteiger partial charge is 0.157 e. The minimum atomic E-state index is 0.191. The van der Waals surface area contributed by atoms with Crippen LogP contribution in [-0.4, -0.2) is 34.7 Å². The Kier molecular flexibility index (Phi) is 3.44. The van der Waals surface area contributed by atoms with Gasteiger partial charge >= 0.3 is 0 Å². The molecule has 1 aliphatic heterocycles. The maximum atomic E-state index is 9.87. The van der Waals surface area contributed by atoms with Gasteiger partial charge < -0.3 is 9.64 Å². The van der Waals surface area contributed by atoms with E-state index in [1.165, 1.54) is 16.9 Å². The van der Waals surface area contributed by atoms with Crippen molar-refractivity contribution in [3.63, 3.8) is 0 Å². The molecular weight excluding hydrogens is 324 g/mol. The first kappa shape index (κ1) is 15.7. The zero-order chi connectivity index (χ0) is 17.8. The van der Waals surface area contributed by atoms with Crippen LogP contribution in [0.3, 0.4) is 0 Å². The highest BCUT2D eigenvalue weighted by Gasteiger charge is 2.31. The van der Waals surface area contributed by atoms with E-state index in [4.69, 9.17) is 9.72 Å². The van der Waals surface area contributed by atoms with Crippen LogP contribution in [0.25, 0.3) is 16.7 Å². The second-order valence-corrected chi connectivity index (χ2v) is 7.54. The Balaban J connectivity index is 1.88. The van der Waals surface area contributed by atoms with Crippen molar-refractivity contribution in [2.24, 2.45) is 0 Å². The summed E-state index contributed by atoms with van der Waals surface area (Å²) in [7, 11) is 0. The third-order valence-corrected chi connectivity index (χ3v) is 5.62. The van der Waals surface area contributed by atoms with Gasteiger partial charge in [0.2, 0.25) is 0 Å². The summed E-state index contributed by atoms with van der Waals surface area (Å²) >= 11 is 0. The van der Waals surface area contributed by atoms with Crippen LogP contribution in [0.1, 0.15) is 37.0 Å². The van der Waals surface area contributed by atoms with E-state index < -0.39 is 0 Å². The lowest BCUT2D eigenvalue weighted by molar-refractivity contribution is -0.00554. The number of benzene rings is 1. The van der Waals surface area contributed by atoms with Crippen molar-refractivity contribution in [1.82, 2.24) is 9.38 Å². The maximum absolute atomic E-state index is 9.87. The minimum absolute atomic E-state index is 0.191. The highest BCUT2D eigenvalue weighted by atomic mass is 16.5. The Labute approximate surface area is 152 Å². The summed E-state index contributed by atoms with van der Waals surface area (Å²) < 4.78 is 8.19. The Bertz CT molecular complexity index is 1050. The highest BCUT2D eigenvalue weighted by Crippen LogP contribution is 2.38. The molecule has 0 radical (unpaired) electrons. The van der Waals surface area contributed by atoms with Crippen molar-refractivity contribution in [3.8, 4) is 6.07 Å². The van der Waals surface area contributed by atoms with Crippen LogP contribution in [0.15, 0.2) is 24.3 Å². The normalized spacial score (nSPS) is 22.7. The molecule has 1 aliphatic carbocycles. The zero-order valence-electron chi connectivity index (χ0n) is 15.2. The molecule has 0 unspecified atom stereocenters. The van der Waals surface area contributed by atoms with Gasteiger partial charge in [0, 0.05) is 13.1 Å². The van der Waals surface area contributed by atoms with Crippen LogP contribution in [0.4, 0.5) is 5.82 Å². The number of nitriles is 1. The molecule has 0 bridgehead atoms. The average Bonchev–Trinajstić information content (AvgIpc) is 3.23. The predicted octanol–water partition coefficient (Wildman–Crippen LogP) is 3.46. The first-order chi connectivity index (χ1) is 12.7. The molecule has 3 aromatic rings. The molecule has 3 heterocycles. The molecule has 5 nitrogen and oxygen atoms in total. The average molecular weight is 346 g/mol. The SMILES string of the molecule is C[C@@H]1CN(c2c3c(c(C#N)c4nc5ccccc5n24)CCC3)C[C@H](C)O1. The van der Waals surface area contributed by atoms with E-state index in [2.05, 4.69) is 35.3 Å². The van der Waals surface area contributed by atoms with Gasteiger partial charge in [0.15, 0.2) is 5.65 Å². The Morgan fingerprint density at radius 3 is 2.62 bits per heavy atom. The van der Waals surface area contributed by atoms with Gasteiger partial charge in [-0.3, -0.25) is 4.40 Å². The molecule has 26 heavy (non-hydrogen) atoms. The van der Waals surface area contributed by atoms with E-state index in [-0.39, 0.29) is 12.2 Å². The molecule has 0 amide bonds. The van der Waals surface area contributed by atoms with Crippen molar-refractivity contribution in [1.29, 1.82) is 5.26 Å². The number of pyridine rings is 1. The van der Waals surface area contributed by atoms with Crippen LogP contribution in [0.2, 0.25) is 0 Å². The van der Waals surface area contributed by atoms with Crippen molar-refractivity contribution in [2.75, 3.05) is 18.0 Å². The van der Waals surface area contributed by atoms with Gasteiger partial charge in [0.1, 0.15) is 11.9 Å². The van der Waals surface area contributed by atoms with Gasteiger partial charge in [-0.15, -0.1) is 0 Å². The van der Waals surface area contributed by atoms with Crippen LogP contribution < -0.4 is 4.90 Å². The van der Waals surface area contributed by atoms with E-state index in [0.29, 0.717) is 0 Å². The van der Waals surface area contributed by atoms with Crippen LogP contribution in [-0.2, 0) is 17.6 Å². The fourth-order valence-electron chi connectivity index (χ4n) is 4.74. The fourth-order valence-corrected chi connectivity index (χ4v) is 4.74. The Morgan fingerprint density at radius 1 is 1.12 bits per heavy atom. The van der Waals surface area contributed by atoms with E-state index in [9.17, 15) is 5.26 Å². The quantitative estimate of drug-likeness (QED) is 0.677. The second kappa shape index (κ2) is 5.72. The minimum Gasteiger partial charge on any atom is -0.372 e. The molecule has 1 saturated heterocycles. The molecule has 2 aliphatic rings. The van der Waals surface area contributed by atoms with E-state index in [1.54, 1.807) is 0 Å². The number of rotatable bonds is 1. The van der Waals surface area contributed by atoms with Gasteiger partial charge in [0.25, 0.3) is 0 Å². The zero-order valence-corrected chi connectivity index (χ0v) is 15.2. The van der Waals surface area contributed by atoms with Crippen molar-refractivity contribution >= 4 is 22.5 Å². The Hall–Kier alpha value is -2.58. The van der Waals surface area contributed by atoms with Gasteiger partial charge in [-0.1, -0.05) is 12.1 Å². The largest absolute Gasteiger partial charge is 0.372 e. The van der Waals surface area contributed by atoms with Gasteiger partial charge in [0.05, 0.1) is 28.8 Å². The monoisotopic (exact) mass is 346 g/mol. The lowest BCUT2D eigenvalue weighted by Crippen LogP contribution is -2.46. The molecule has 5 heteroatoms. The standard InChI is InChI=1S/C21H22N4O/c1-13-11-24(12-14(2)26-13)21-16-7-5-6-15(16)17(10-22)20-23-18-8-3-4-9-19(18)25(20)21/h3-4,8-9,13-14H,5-7,11-12H2,1-2H3/t13-,14+. The first-order valence-electron chi connectivity index (χ1n) is 9.42. The fraction of sp³-hybridized carbons (Fsp3) is 0.429. The number of imidazole rings is 1. The van der Waals surface area contributed by atoms with Crippen LogP contribution in [0, 0.1) is 11.3 Å². The van der Waals surface area contributed by atoms with Crippen LogP contribution in [0.5, 0.6) is 0 Å². The number of hydrogen-bond acceptors (Lipinski definition) is 4. The van der Waals surface area contributed by atoms with Crippen molar-refractivity contribution in [2.45, 2.75) is 45.3 Å². The molecule has 0 N–H and O–H groups in total. The number of para-hydroxylation sites is 2. The first-order valence-corrected chi connectivity index (χ1v) is 9.42. The molecular formula is C21H22N4O. The molecule has 0 saturated carbocycles. The highest BCUT2D eigenvalue weighted by molar-refractivity contribution is 5.86. The lowest BCUT2D eigenvalue weighted by Gasteiger charge is -2.38. The molecule has 2 atom stereocenters. The summed E-state index contributed by atoms with van der Waals surface area (Å²) in [5.74, 6) is 1.22. The molecule has 5 rings (SSSR count). The third kappa shape index (κ3) is 2.15.